The van der Waals surface area contributed by atoms with Crippen LogP contribution in [0.3, 0.4) is 0 Å². The van der Waals surface area contributed by atoms with E-state index < -0.39 is 6.04 Å². The zero-order valence-electron chi connectivity index (χ0n) is 13.0. The van der Waals surface area contributed by atoms with E-state index in [1.54, 1.807) is 0 Å². The van der Waals surface area contributed by atoms with Crippen molar-refractivity contribution in [3.8, 4) is 11.4 Å². The lowest BCUT2D eigenvalue weighted by atomic mass is 10.1. The fourth-order valence-electron chi connectivity index (χ4n) is 2.57. The summed E-state index contributed by atoms with van der Waals surface area (Å²) in [6.07, 6.45) is 2.07. The topological polar surface area (TPSA) is 72.7 Å². The van der Waals surface area contributed by atoms with Crippen LogP contribution in [0.2, 0.25) is 0 Å². The molecule has 0 bridgehead atoms. The van der Waals surface area contributed by atoms with Crippen LogP contribution in [0, 0.1) is 0 Å². The molecule has 2 aromatic carbocycles. The Morgan fingerprint density at radius 1 is 1.04 bits per heavy atom. The normalized spacial score (nSPS) is 15.0. The number of nitrogens with zero attached hydrogens (tertiary/aromatic N) is 4. The molecule has 120 valence electrons. The Morgan fingerprint density at radius 2 is 1.71 bits per heavy atom. The minimum atomic E-state index is -0.614. The number of aromatic nitrogens is 4. The van der Waals surface area contributed by atoms with Crippen LogP contribution in [-0.4, -0.2) is 32.2 Å². The highest BCUT2D eigenvalue weighted by Gasteiger charge is 2.31. The van der Waals surface area contributed by atoms with E-state index in [4.69, 9.17) is 0 Å². The third-order valence-electron chi connectivity index (χ3n) is 3.98. The van der Waals surface area contributed by atoms with Crippen LogP contribution in [0.4, 0.5) is 0 Å². The zero-order valence-corrected chi connectivity index (χ0v) is 13.0. The summed E-state index contributed by atoms with van der Waals surface area (Å²) in [6.45, 7) is 0. The Hall–Kier alpha value is -3.02. The molecule has 1 atom stereocenters. The first-order valence-corrected chi connectivity index (χ1v) is 8.01. The van der Waals surface area contributed by atoms with E-state index in [-0.39, 0.29) is 11.9 Å². The van der Waals surface area contributed by atoms with Crippen molar-refractivity contribution in [3.63, 3.8) is 0 Å². The van der Waals surface area contributed by atoms with Gasteiger partial charge in [-0.2, -0.15) is 0 Å². The average molecular weight is 319 g/mol. The number of hydrogen-bond acceptors (Lipinski definition) is 4. The van der Waals surface area contributed by atoms with E-state index in [0.29, 0.717) is 5.82 Å². The van der Waals surface area contributed by atoms with Crippen LogP contribution in [0.1, 0.15) is 24.4 Å². The Balaban J connectivity index is 1.68. The lowest BCUT2D eigenvalue weighted by molar-refractivity contribution is -0.123. The minimum absolute atomic E-state index is 0.0966. The van der Waals surface area contributed by atoms with E-state index in [0.717, 1.165) is 24.0 Å². The van der Waals surface area contributed by atoms with Crippen LogP contribution in [0.25, 0.3) is 11.4 Å². The maximum absolute atomic E-state index is 12.7. The maximum atomic E-state index is 12.7. The molecule has 6 heteroatoms. The van der Waals surface area contributed by atoms with Crippen LogP contribution in [-0.2, 0) is 4.79 Å². The van der Waals surface area contributed by atoms with Gasteiger partial charge in [0, 0.05) is 11.6 Å². The summed E-state index contributed by atoms with van der Waals surface area (Å²) >= 11 is 0. The molecular weight excluding hydrogens is 302 g/mol. The van der Waals surface area contributed by atoms with Crippen molar-refractivity contribution in [1.29, 1.82) is 0 Å². The van der Waals surface area contributed by atoms with Gasteiger partial charge < -0.3 is 5.32 Å². The molecule has 1 aliphatic rings. The number of benzene rings is 2. The predicted octanol–water partition coefficient (Wildman–Crippen LogP) is 2.21. The van der Waals surface area contributed by atoms with Crippen molar-refractivity contribution in [3.05, 3.63) is 66.2 Å². The van der Waals surface area contributed by atoms with Gasteiger partial charge in [0.25, 0.3) is 5.91 Å². The minimum Gasteiger partial charge on any atom is -0.351 e. The second-order valence-electron chi connectivity index (χ2n) is 5.90. The Bertz CT molecular complexity index is 827. The number of carbonyl (C=O) groups is 1. The number of carbonyl (C=O) groups excluding carboxylic acids is 1. The quantitative estimate of drug-likeness (QED) is 0.782. The van der Waals surface area contributed by atoms with Gasteiger partial charge in [0.15, 0.2) is 6.04 Å². The average Bonchev–Trinajstić information content (AvgIpc) is 3.31. The molecule has 1 aliphatic carbocycles. The lowest BCUT2D eigenvalue weighted by Gasteiger charge is -2.15. The molecule has 0 spiro atoms. The summed E-state index contributed by atoms with van der Waals surface area (Å²) < 4.78 is 0. The Labute approximate surface area is 139 Å². The molecule has 1 N–H and O–H groups in total. The molecule has 1 fully saturated rings. The van der Waals surface area contributed by atoms with E-state index in [1.807, 2.05) is 60.7 Å². The number of amides is 1. The summed E-state index contributed by atoms with van der Waals surface area (Å²) in [4.78, 5) is 14.1. The molecule has 24 heavy (non-hydrogen) atoms. The van der Waals surface area contributed by atoms with Gasteiger partial charge in [-0.1, -0.05) is 60.7 Å². The van der Waals surface area contributed by atoms with E-state index >= 15 is 0 Å². The molecular formula is C18H17N5O. The van der Waals surface area contributed by atoms with Gasteiger partial charge in [-0.3, -0.25) is 4.79 Å². The molecule has 0 radical (unpaired) electrons. The van der Waals surface area contributed by atoms with Crippen molar-refractivity contribution < 1.29 is 4.79 Å². The summed E-state index contributed by atoms with van der Waals surface area (Å²) in [7, 11) is 0. The van der Waals surface area contributed by atoms with E-state index in [2.05, 4.69) is 20.7 Å². The molecule has 6 nitrogen and oxygen atoms in total. The fourth-order valence-corrected chi connectivity index (χ4v) is 2.57. The van der Waals surface area contributed by atoms with Crippen LogP contribution in [0.5, 0.6) is 0 Å². The van der Waals surface area contributed by atoms with Crippen LogP contribution >= 0.6 is 0 Å². The largest absolute Gasteiger partial charge is 0.351 e. The molecule has 1 heterocycles. The highest BCUT2D eigenvalue weighted by molar-refractivity contribution is 5.83. The second kappa shape index (κ2) is 6.23. The Morgan fingerprint density at radius 3 is 2.38 bits per heavy atom. The monoisotopic (exact) mass is 319 g/mol. The molecule has 1 amide bonds. The van der Waals surface area contributed by atoms with Gasteiger partial charge in [-0.25, -0.2) is 0 Å². The first-order chi connectivity index (χ1) is 11.8. The lowest BCUT2D eigenvalue weighted by Crippen LogP contribution is -2.35. The summed E-state index contributed by atoms with van der Waals surface area (Å²) in [5.74, 6) is 0.413. The first-order valence-electron chi connectivity index (χ1n) is 8.01. The molecule has 0 saturated heterocycles. The molecule has 4 rings (SSSR count). The summed E-state index contributed by atoms with van der Waals surface area (Å²) in [5, 5.41) is 15.7. The van der Waals surface area contributed by atoms with Crippen molar-refractivity contribution in [2.45, 2.75) is 24.9 Å². The standard InChI is InChI=1S/C18H17N5O/c24-18(19-15-11-12-15)16(13-7-3-1-4-8-13)23-21-17(20-22-23)14-9-5-2-6-10-14/h1-10,15-16H,11-12H2,(H,19,24)/t16-/m0/s1. The number of hydrogen-bond donors (Lipinski definition) is 1. The van der Waals surface area contributed by atoms with Crippen molar-refractivity contribution in [2.75, 3.05) is 0 Å². The van der Waals surface area contributed by atoms with E-state index in [1.165, 1.54) is 4.80 Å². The van der Waals surface area contributed by atoms with Gasteiger partial charge in [0.1, 0.15) is 0 Å². The zero-order chi connectivity index (χ0) is 16.4. The second-order valence-corrected chi connectivity index (χ2v) is 5.90. The van der Waals surface area contributed by atoms with Gasteiger partial charge in [0.2, 0.25) is 5.82 Å². The number of nitrogens with one attached hydrogen (secondary N) is 1. The van der Waals surface area contributed by atoms with Gasteiger partial charge in [-0.15, -0.1) is 15.0 Å². The first kappa shape index (κ1) is 14.6. The molecule has 0 unspecified atom stereocenters. The maximum Gasteiger partial charge on any atom is 0.251 e. The van der Waals surface area contributed by atoms with Crippen molar-refractivity contribution in [2.24, 2.45) is 0 Å². The third kappa shape index (κ3) is 3.03. The predicted molar refractivity (Wildman–Crippen MR) is 89.0 cm³/mol. The summed E-state index contributed by atoms with van der Waals surface area (Å²) in [5.41, 5.74) is 1.71. The molecule has 1 saturated carbocycles. The van der Waals surface area contributed by atoms with E-state index in [9.17, 15) is 4.79 Å². The third-order valence-corrected chi connectivity index (χ3v) is 3.98. The number of tetrazole rings is 1. The smallest absolute Gasteiger partial charge is 0.251 e. The van der Waals surface area contributed by atoms with Crippen LogP contribution < -0.4 is 5.32 Å². The fraction of sp³-hybridized carbons (Fsp3) is 0.222. The highest BCUT2D eigenvalue weighted by Crippen LogP contribution is 2.23. The molecule has 3 aromatic rings. The highest BCUT2D eigenvalue weighted by atomic mass is 16.2. The van der Waals surface area contributed by atoms with Crippen LogP contribution in [0.15, 0.2) is 60.7 Å². The molecule has 1 aromatic heterocycles. The summed E-state index contributed by atoms with van der Waals surface area (Å²) in [6, 6.07) is 18.8. The van der Waals surface area contributed by atoms with Crippen molar-refractivity contribution >= 4 is 5.91 Å². The molecule has 0 aliphatic heterocycles. The van der Waals surface area contributed by atoms with Crippen molar-refractivity contribution in [1.82, 2.24) is 25.5 Å². The Kier molecular flexibility index (Phi) is 3.78. The SMILES string of the molecule is O=C(NC1CC1)[C@H](c1ccccc1)n1nnc(-c2ccccc2)n1. The van der Waals surface area contributed by atoms with Gasteiger partial charge >= 0.3 is 0 Å². The van der Waals surface area contributed by atoms with Gasteiger partial charge in [-0.05, 0) is 23.6 Å². The number of rotatable bonds is 5. The van der Waals surface area contributed by atoms with Gasteiger partial charge in [0.05, 0.1) is 0 Å².